The van der Waals surface area contributed by atoms with E-state index in [1.165, 1.54) is 18.2 Å². The van der Waals surface area contributed by atoms with Crippen LogP contribution in [0.4, 0.5) is 33.3 Å². The first-order chi connectivity index (χ1) is 18.7. The summed E-state index contributed by atoms with van der Waals surface area (Å²) in [4.78, 5) is 30.3. The van der Waals surface area contributed by atoms with Crippen LogP contribution in [-0.2, 0) is 11.3 Å². The van der Waals surface area contributed by atoms with Crippen LogP contribution in [0, 0.1) is 11.6 Å². The van der Waals surface area contributed by atoms with Crippen LogP contribution in [0.15, 0.2) is 30.3 Å². The lowest BCUT2D eigenvalue weighted by Gasteiger charge is -2.41. The molecule has 13 heteroatoms. The molecule has 1 aliphatic rings. The van der Waals surface area contributed by atoms with Gasteiger partial charge in [0.15, 0.2) is 11.6 Å². The molecule has 1 fully saturated rings. The summed E-state index contributed by atoms with van der Waals surface area (Å²) in [5.41, 5.74) is 0.187. The number of anilines is 2. The number of halogens is 6. The Labute approximate surface area is 235 Å². The normalized spacial score (nSPS) is 16.4. The van der Waals surface area contributed by atoms with E-state index in [2.05, 4.69) is 10.6 Å². The summed E-state index contributed by atoms with van der Waals surface area (Å²) < 4.78 is 67.7. The second-order valence-electron chi connectivity index (χ2n) is 10.0. The highest BCUT2D eigenvalue weighted by atomic mass is 35.5. The third-order valence-corrected chi connectivity index (χ3v) is 6.90. The molecule has 220 valence electrons. The molecule has 1 heterocycles. The van der Waals surface area contributed by atoms with E-state index in [1.54, 1.807) is 11.0 Å². The Kier molecular flexibility index (Phi) is 10.7. The maximum atomic E-state index is 14.9. The number of benzene rings is 2. The van der Waals surface area contributed by atoms with Crippen molar-refractivity contribution in [3.63, 3.8) is 0 Å². The fourth-order valence-corrected chi connectivity index (χ4v) is 4.55. The van der Waals surface area contributed by atoms with E-state index in [-0.39, 0.29) is 37.0 Å². The van der Waals surface area contributed by atoms with Gasteiger partial charge in [-0.15, -0.1) is 0 Å². The van der Waals surface area contributed by atoms with Crippen LogP contribution in [0.25, 0.3) is 0 Å². The number of alkyl halides is 3. The van der Waals surface area contributed by atoms with Gasteiger partial charge in [0.25, 0.3) is 5.91 Å². The second kappa shape index (κ2) is 13.6. The van der Waals surface area contributed by atoms with E-state index in [0.29, 0.717) is 42.6 Å². The Balaban J connectivity index is 1.70. The molecule has 0 radical (unpaired) electrons. The van der Waals surface area contributed by atoms with Crippen LogP contribution < -0.4 is 15.5 Å². The summed E-state index contributed by atoms with van der Waals surface area (Å²) in [6, 6.07) is 6.84. The van der Waals surface area contributed by atoms with Crippen LogP contribution in [0.2, 0.25) is 5.02 Å². The van der Waals surface area contributed by atoms with Gasteiger partial charge < -0.3 is 20.4 Å². The fraction of sp³-hybridized carbons (Fsp3) is 0.481. The number of carbonyl (C=O) groups excluding carboxylic acids is 2. The first-order valence-electron chi connectivity index (χ1n) is 12.8. The van der Waals surface area contributed by atoms with Gasteiger partial charge in [-0.05, 0) is 45.3 Å². The number of hydrogen-bond donors (Lipinski definition) is 2. The number of amides is 2. The second-order valence-corrected chi connectivity index (χ2v) is 10.5. The lowest BCUT2D eigenvalue weighted by atomic mass is 10.1. The summed E-state index contributed by atoms with van der Waals surface area (Å²) in [6.07, 6.45) is -4.95. The number of piperazine rings is 1. The van der Waals surface area contributed by atoms with Gasteiger partial charge in [0, 0.05) is 62.3 Å². The zero-order valence-electron chi connectivity index (χ0n) is 22.5. The Morgan fingerprint density at radius 1 is 1.10 bits per heavy atom. The van der Waals surface area contributed by atoms with Gasteiger partial charge in [-0.1, -0.05) is 17.7 Å². The summed E-state index contributed by atoms with van der Waals surface area (Å²) >= 11 is 6.19. The minimum Gasteiger partial charge on any atom is -0.367 e. The molecule has 1 saturated heterocycles. The number of nitrogens with one attached hydrogen (secondary N) is 2. The van der Waals surface area contributed by atoms with Crippen molar-refractivity contribution in [3.8, 4) is 0 Å². The molecule has 2 N–H and O–H groups in total. The van der Waals surface area contributed by atoms with Crippen molar-refractivity contribution < 1.29 is 31.5 Å². The SMILES string of the molecule is C[C@H]1CN(c2cc(Cl)ccc2NC(=O)c2ccc(CNC(=O)CCN(C)C)c(F)c2F)CCN1CCC(F)(F)F. The van der Waals surface area contributed by atoms with Gasteiger partial charge in [-0.25, -0.2) is 8.78 Å². The quantitative estimate of drug-likeness (QED) is 0.386. The summed E-state index contributed by atoms with van der Waals surface area (Å²) in [5.74, 6) is -3.79. The van der Waals surface area contributed by atoms with E-state index in [1.807, 2.05) is 30.8 Å². The van der Waals surface area contributed by atoms with Crippen LogP contribution >= 0.6 is 11.6 Å². The molecule has 1 aliphatic heterocycles. The Morgan fingerprint density at radius 3 is 2.48 bits per heavy atom. The van der Waals surface area contributed by atoms with Gasteiger partial charge in [-0.3, -0.25) is 14.5 Å². The molecular formula is C27H33ClF5N5O2. The largest absolute Gasteiger partial charge is 0.390 e. The molecule has 40 heavy (non-hydrogen) atoms. The Bertz CT molecular complexity index is 1210. The molecule has 0 unspecified atom stereocenters. The molecule has 0 bridgehead atoms. The van der Waals surface area contributed by atoms with Gasteiger partial charge in [0.05, 0.1) is 23.4 Å². The number of rotatable bonds is 10. The van der Waals surface area contributed by atoms with Gasteiger partial charge >= 0.3 is 6.18 Å². The van der Waals surface area contributed by atoms with Crippen LogP contribution in [0.3, 0.4) is 0 Å². The highest BCUT2D eigenvalue weighted by molar-refractivity contribution is 6.31. The molecule has 7 nitrogen and oxygen atoms in total. The minimum absolute atomic E-state index is 0.100. The van der Waals surface area contributed by atoms with Crippen molar-refractivity contribution in [1.29, 1.82) is 0 Å². The minimum atomic E-state index is -4.24. The van der Waals surface area contributed by atoms with E-state index in [0.717, 1.165) is 6.07 Å². The maximum absolute atomic E-state index is 14.9. The molecule has 2 aromatic rings. The predicted octanol–water partition coefficient (Wildman–Crippen LogP) is 4.90. The van der Waals surface area contributed by atoms with E-state index < -0.39 is 35.7 Å². The maximum Gasteiger partial charge on any atom is 0.390 e. The molecular weight excluding hydrogens is 557 g/mol. The average Bonchev–Trinajstić information content (AvgIpc) is 2.88. The zero-order valence-corrected chi connectivity index (χ0v) is 23.3. The Hall–Kier alpha value is -2.96. The first kappa shape index (κ1) is 31.6. The lowest BCUT2D eigenvalue weighted by Crippen LogP contribution is -2.52. The standard InChI is InChI=1S/C27H33ClF5N5O2/c1-17-16-38(13-12-37(17)11-9-27(31,32)33)22-14-19(28)5-7-21(22)35-26(40)20-6-4-18(24(29)25(20)30)15-34-23(39)8-10-36(2)3/h4-7,14,17H,8-13,15-16H2,1-3H3,(H,34,39)(H,35,40)/t17-/m0/s1. The molecule has 2 amide bonds. The smallest absolute Gasteiger partial charge is 0.367 e. The van der Waals surface area contributed by atoms with Gasteiger partial charge in [0.1, 0.15) is 0 Å². The van der Waals surface area contributed by atoms with Crippen molar-refractivity contribution in [3.05, 3.63) is 58.1 Å². The van der Waals surface area contributed by atoms with Gasteiger partial charge in [-0.2, -0.15) is 13.2 Å². The van der Waals surface area contributed by atoms with Crippen LogP contribution in [-0.4, -0.2) is 80.7 Å². The van der Waals surface area contributed by atoms with Crippen LogP contribution in [0.1, 0.15) is 35.7 Å². The fourth-order valence-electron chi connectivity index (χ4n) is 4.39. The Morgan fingerprint density at radius 2 is 1.82 bits per heavy atom. The average molecular weight is 590 g/mol. The van der Waals surface area contributed by atoms with E-state index in [9.17, 15) is 31.5 Å². The molecule has 0 spiro atoms. The zero-order chi connectivity index (χ0) is 29.6. The molecule has 1 atom stereocenters. The summed E-state index contributed by atoms with van der Waals surface area (Å²) in [6.45, 7) is 3.09. The summed E-state index contributed by atoms with van der Waals surface area (Å²) in [5, 5.41) is 5.51. The van der Waals surface area contributed by atoms with Crippen molar-refractivity contribution in [1.82, 2.24) is 15.1 Å². The topological polar surface area (TPSA) is 67.9 Å². The predicted molar refractivity (Wildman–Crippen MR) is 145 cm³/mol. The van der Waals surface area contributed by atoms with Crippen LogP contribution in [0.5, 0.6) is 0 Å². The molecule has 0 saturated carbocycles. The monoisotopic (exact) mass is 589 g/mol. The highest BCUT2D eigenvalue weighted by Gasteiger charge is 2.31. The third kappa shape index (κ3) is 8.77. The number of carbonyl (C=O) groups is 2. The van der Waals surface area contributed by atoms with E-state index >= 15 is 0 Å². The molecule has 0 aromatic heterocycles. The van der Waals surface area contributed by atoms with Crippen molar-refractivity contribution in [2.75, 3.05) is 57.0 Å². The van der Waals surface area contributed by atoms with Crippen molar-refractivity contribution in [2.24, 2.45) is 0 Å². The number of nitrogens with zero attached hydrogens (tertiary/aromatic N) is 3. The van der Waals surface area contributed by atoms with Crippen molar-refractivity contribution >= 4 is 34.8 Å². The molecule has 0 aliphatic carbocycles. The highest BCUT2D eigenvalue weighted by Crippen LogP contribution is 2.32. The third-order valence-electron chi connectivity index (χ3n) is 6.67. The molecule has 3 rings (SSSR count). The summed E-state index contributed by atoms with van der Waals surface area (Å²) in [7, 11) is 3.62. The lowest BCUT2D eigenvalue weighted by molar-refractivity contribution is -0.139. The van der Waals surface area contributed by atoms with Crippen molar-refractivity contribution in [2.45, 2.75) is 38.5 Å². The van der Waals surface area contributed by atoms with E-state index in [4.69, 9.17) is 11.6 Å². The number of hydrogen-bond acceptors (Lipinski definition) is 5. The first-order valence-corrected chi connectivity index (χ1v) is 13.2. The molecule has 2 aromatic carbocycles. The van der Waals surface area contributed by atoms with Gasteiger partial charge in [0.2, 0.25) is 5.91 Å².